The van der Waals surface area contributed by atoms with E-state index in [4.69, 9.17) is 49.7 Å². The van der Waals surface area contributed by atoms with Gasteiger partial charge in [-0.3, -0.25) is 19.2 Å². The molecule has 0 aliphatic heterocycles. The second-order valence-electron chi connectivity index (χ2n) is 23.9. The van der Waals surface area contributed by atoms with Crippen molar-refractivity contribution in [2.75, 3.05) is 9.80 Å². The van der Waals surface area contributed by atoms with E-state index in [0.29, 0.717) is 62.9 Å². The van der Waals surface area contributed by atoms with Crippen molar-refractivity contribution in [2.24, 2.45) is 34.4 Å². The van der Waals surface area contributed by atoms with Gasteiger partial charge in [-0.25, -0.2) is 77.1 Å². The van der Waals surface area contributed by atoms with Crippen molar-refractivity contribution in [3.63, 3.8) is 0 Å². The number of aliphatic carboxylic acids is 2. The summed E-state index contributed by atoms with van der Waals surface area (Å²) < 4.78 is 3.73. The van der Waals surface area contributed by atoms with E-state index < -0.39 is 88.9 Å². The first-order valence-electron chi connectivity index (χ1n) is 33.7. The molecule has 2 aromatic heterocycles. The molecule has 0 bridgehead atoms. The van der Waals surface area contributed by atoms with E-state index in [9.17, 15) is 82.4 Å². The summed E-state index contributed by atoms with van der Waals surface area (Å²) >= 11 is 0. The highest BCUT2D eigenvalue weighted by Gasteiger charge is 2.24. The van der Waals surface area contributed by atoms with Gasteiger partial charge in [-0.1, -0.05) is 123 Å². The van der Waals surface area contributed by atoms with Gasteiger partial charge < -0.3 is 75.7 Å². The second-order valence-corrected chi connectivity index (χ2v) is 23.9. The largest absolute Gasteiger partial charge is 0.508 e. The molecule has 22 N–H and O–H groups in total. The lowest BCUT2D eigenvalue weighted by Crippen LogP contribution is -2.44. The van der Waals surface area contributed by atoms with Crippen molar-refractivity contribution in [2.45, 2.75) is 90.4 Å². The maximum Gasteiger partial charge on any atom is 0.356 e. The van der Waals surface area contributed by atoms with Crippen LogP contribution in [0, 0.1) is 0 Å². The number of anilines is 2. The number of nitrogens with one attached hydrogen (secondary N) is 4. The maximum atomic E-state index is 12.8. The summed E-state index contributed by atoms with van der Waals surface area (Å²) in [5.41, 5.74) is 33.1. The summed E-state index contributed by atoms with van der Waals surface area (Å²) in [6.45, 7) is 6.02. The number of aromatic hydroxyl groups is 4. The number of H-pyrrole nitrogens is 2. The Kier molecular flexibility index (Phi) is 33.2. The number of carbonyl (C=O) groups is 10. The van der Waals surface area contributed by atoms with E-state index in [0.717, 1.165) is 29.6 Å². The maximum absolute atomic E-state index is 12.8. The molecule has 4 atom stereocenters. The number of urea groups is 4. The lowest BCUT2D eigenvalue weighted by molar-refractivity contribution is -0.141. The molecule has 0 aliphatic carbocycles. The van der Waals surface area contributed by atoms with Gasteiger partial charge in [-0.05, 0) is 132 Å². The van der Waals surface area contributed by atoms with Crippen LogP contribution in [0.5, 0.6) is 23.0 Å². The molecular weight excluding hydrogens is 1460 g/mol. The number of amides is 10. The highest BCUT2D eigenvalue weighted by atomic mass is 16.4. The summed E-state index contributed by atoms with van der Waals surface area (Å²) in [6, 6.07) is 48.0. The van der Waals surface area contributed by atoms with Crippen LogP contribution < -0.4 is 77.6 Å². The number of carboxylic acid groups (broad SMARTS) is 2. The summed E-state index contributed by atoms with van der Waals surface area (Å²) in [6.07, 6.45) is 1.71. The molecule has 0 saturated heterocycles. The number of primary amides is 4. The van der Waals surface area contributed by atoms with E-state index in [-0.39, 0.29) is 71.1 Å². The zero-order valence-electron chi connectivity index (χ0n) is 60.7. The van der Waals surface area contributed by atoms with E-state index in [1.807, 2.05) is 0 Å². The fourth-order valence-electron chi connectivity index (χ4n) is 10.2. The van der Waals surface area contributed by atoms with Crippen molar-refractivity contribution in [3.05, 3.63) is 270 Å². The minimum atomic E-state index is -1.23. The molecule has 10 aromatic rings. The molecule has 36 nitrogen and oxygen atoms in total. The Morgan fingerprint density at radius 3 is 0.973 bits per heavy atom. The van der Waals surface area contributed by atoms with Gasteiger partial charge in [-0.15, -0.1) is 0 Å². The third-order valence-electron chi connectivity index (χ3n) is 15.6. The zero-order chi connectivity index (χ0) is 83.1. The number of imide groups is 2. The summed E-state index contributed by atoms with van der Waals surface area (Å²) in [4.78, 5) is 162. The number of hydrogen-bond donors (Lipinski definition) is 16. The molecule has 36 heteroatoms. The number of phenols is 4. The average Bonchev–Trinajstić information content (AvgIpc) is 1.64. The number of rotatable bonds is 22. The number of benzene rings is 8. The number of carbonyl (C=O) groups excluding carboxylic acids is 8. The molecule has 0 fully saturated rings. The smallest absolute Gasteiger partial charge is 0.356 e. The highest BCUT2D eigenvalue weighted by molar-refractivity contribution is 6.13. The molecule has 10 amide bonds. The summed E-state index contributed by atoms with van der Waals surface area (Å²) in [7, 11) is 0. The molecule has 2 heterocycles. The van der Waals surface area contributed by atoms with Gasteiger partial charge in [0.15, 0.2) is 0 Å². The van der Waals surface area contributed by atoms with Crippen molar-refractivity contribution >= 4 is 70.8 Å². The minimum Gasteiger partial charge on any atom is -0.508 e. The van der Waals surface area contributed by atoms with Crippen LogP contribution in [0.2, 0.25) is 0 Å². The third-order valence-corrected chi connectivity index (χ3v) is 15.6. The third kappa shape index (κ3) is 26.2. The van der Waals surface area contributed by atoms with E-state index in [2.05, 4.69) is 20.8 Å². The van der Waals surface area contributed by atoms with E-state index >= 15 is 0 Å². The van der Waals surface area contributed by atoms with E-state index in [1.165, 1.54) is 56.3 Å². The number of nitrogens with two attached hydrogens (primary N) is 6. The summed E-state index contributed by atoms with van der Waals surface area (Å²) in [5, 5.41) is 66.1. The monoisotopic (exact) mass is 1540 g/mol. The first-order chi connectivity index (χ1) is 53.1. The first kappa shape index (κ1) is 87.7. The number of ketones is 2. The predicted octanol–water partition coefficient (Wildman–Crippen LogP) is 4.09. The van der Waals surface area contributed by atoms with Crippen molar-refractivity contribution in [1.82, 2.24) is 39.3 Å². The van der Waals surface area contributed by atoms with Crippen LogP contribution in [0.4, 0.5) is 30.6 Å². The predicted molar refractivity (Wildman–Crippen MR) is 412 cm³/mol. The standard InChI is InChI=1S/C19H18N4O6.C19H20N4O4.C11H13NO4.C11H15NO2.2C8H9N3O2/c1-11(24)20-14(17(26)27)9-12-7-8-16(25)15(10-12)23-19(29)22(18(28)21-23)13-5-3-2-4-6-13;1-2-16(24)14(20)10-12-8-9-17(25)15(11-12)23-19(27)22(18(26)21-23)13-6-4-3-5-7-13;1-7(13)12-10(11(15)16)6-8-2-4-9(14)5-3-8;1-2-11(14)10(12)7-8-3-5-9(13)6-4-8;2*9-7(12)11(8(10)13)6-4-2-1-3-5-6/h2-8,10,14,25H,9H2,1H3,(H,20,24)(H,21,28)(H,26,27);3-9,11,14,25H,2,10,20H2,1H3,(H,21,26);2-5,10,14H,6H2,1H3,(H,12,13)(H,15,16);3-6,10,13H,2,7,12H2,1H3;2*1-5H,(H2,9,12)(H2,10,13)/t2*14-;2*10-;;/m0000../s1. The average molecular weight is 1540 g/mol. The normalized spacial score (nSPS) is 11.3. The highest BCUT2D eigenvalue weighted by Crippen LogP contribution is 2.24. The Balaban J connectivity index is 0.000000249. The van der Waals surface area contributed by atoms with Crippen molar-refractivity contribution in [1.29, 1.82) is 0 Å². The van der Waals surface area contributed by atoms with Crippen LogP contribution in [-0.2, 0) is 54.5 Å². The fourth-order valence-corrected chi connectivity index (χ4v) is 10.2. The summed E-state index contributed by atoms with van der Waals surface area (Å²) in [5.74, 6) is -3.33. The Morgan fingerprint density at radius 2 is 0.679 bits per heavy atom. The lowest BCUT2D eigenvalue weighted by atomic mass is 10.0. The number of phenolic OH excluding ortho intramolecular Hbond substituents is 4. The number of aromatic amines is 2. The number of aromatic nitrogens is 6. The SMILES string of the molecule is CC(=O)N[C@@H](Cc1ccc(O)c(-n2[nH]c(=O)n(-c3ccccc3)c2=O)c1)C(=O)O.CC(=O)N[C@@H](Cc1ccc(O)cc1)C(=O)O.CCC(=O)[C@@H](N)Cc1ccc(O)c(-n2[nH]c(=O)n(-c3ccccc3)c2=O)c1.CCC(=O)[C@@H](N)Cc1ccc(O)cc1.NC(=O)N(C(N)=O)c1ccccc1.NC(=O)N(C(N)=O)c1ccccc1. The Morgan fingerprint density at radius 1 is 0.402 bits per heavy atom. The van der Waals surface area contributed by atoms with Gasteiger partial charge in [-0.2, -0.15) is 9.36 Å². The van der Waals surface area contributed by atoms with Crippen LogP contribution in [-0.4, -0.2) is 143 Å². The van der Waals surface area contributed by atoms with Crippen molar-refractivity contribution in [3.8, 4) is 45.7 Å². The Labute approximate surface area is 636 Å². The molecule has 0 radical (unpaired) electrons. The number of Topliss-reactive ketones (excluding diaryl/α,β-unsaturated/α-hetero) is 2. The molecule has 0 saturated carbocycles. The van der Waals surface area contributed by atoms with Crippen LogP contribution >= 0.6 is 0 Å². The van der Waals surface area contributed by atoms with Crippen LogP contribution in [0.25, 0.3) is 22.7 Å². The van der Waals surface area contributed by atoms with Gasteiger partial charge in [0, 0.05) is 39.5 Å². The van der Waals surface area contributed by atoms with Crippen LogP contribution in [0.15, 0.2) is 225 Å². The molecule has 0 spiro atoms. The minimum absolute atomic E-state index is 0.0220. The first-order valence-corrected chi connectivity index (χ1v) is 33.7. The zero-order valence-corrected chi connectivity index (χ0v) is 60.7. The second kappa shape index (κ2) is 42.4. The van der Waals surface area contributed by atoms with Gasteiger partial charge in [0.2, 0.25) is 11.8 Å². The van der Waals surface area contributed by atoms with Gasteiger partial charge in [0.05, 0.1) is 34.8 Å². The van der Waals surface area contributed by atoms with Gasteiger partial charge >= 0.3 is 58.8 Å². The molecular formula is C76H84N16O20. The Bertz CT molecular complexity index is 5050. The molecule has 588 valence electrons. The van der Waals surface area contributed by atoms with Crippen LogP contribution in [0.3, 0.4) is 0 Å². The number of para-hydroxylation sites is 4. The topological polar surface area (TPSA) is 598 Å². The number of carboxylic acids is 2. The number of nitrogens with zero attached hydrogens (tertiary/aromatic N) is 6. The Hall–Kier alpha value is -14.9. The van der Waals surface area contributed by atoms with Crippen LogP contribution in [0.1, 0.15) is 62.8 Å². The lowest BCUT2D eigenvalue weighted by Gasteiger charge is -2.14. The van der Waals surface area contributed by atoms with Gasteiger partial charge in [0.25, 0.3) is 0 Å². The van der Waals surface area contributed by atoms with Crippen molar-refractivity contribution < 1.29 is 78.6 Å². The molecule has 0 aliphatic rings. The molecule has 0 unspecified atom stereocenters. The van der Waals surface area contributed by atoms with Gasteiger partial charge in [0.1, 0.15) is 58.0 Å². The van der Waals surface area contributed by atoms with E-state index in [1.54, 1.807) is 178 Å². The molecule has 8 aromatic carbocycles. The molecule has 10 rings (SSSR count). The number of hydrogen-bond acceptors (Lipinski definition) is 20. The quantitative estimate of drug-likeness (QED) is 0.0454. The fraction of sp³-hybridized carbons (Fsp3) is 0.184. The molecule has 112 heavy (non-hydrogen) atoms.